The van der Waals surface area contributed by atoms with Crippen molar-refractivity contribution in [2.24, 2.45) is 17.9 Å². The summed E-state index contributed by atoms with van der Waals surface area (Å²) in [7, 11) is 1.71. The van der Waals surface area contributed by atoms with Gasteiger partial charge in [0, 0.05) is 13.1 Å². The molecule has 0 atom stereocenters. The zero-order valence-electron chi connectivity index (χ0n) is 7.98. The Balaban J connectivity index is 2.74. The zero-order valence-corrected chi connectivity index (χ0v) is 7.98. The SMILES string of the molecule is Cn1c(/C(N)=N/O)nc2cc(F)ccc21. The number of aromatic nitrogens is 2. The molecule has 0 aliphatic carbocycles. The van der Waals surface area contributed by atoms with Gasteiger partial charge >= 0.3 is 0 Å². The van der Waals surface area contributed by atoms with Gasteiger partial charge in [0.25, 0.3) is 0 Å². The lowest BCUT2D eigenvalue weighted by atomic mass is 10.3. The summed E-state index contributed by atoms with van der Waals surface area (Å²) in [6.07, 6.45) is 0. The highest BCUT2D eigenvalue weighted by Crippen LogP contribution is 2.15. The minimum Gasteiger partial charge on any atom is -0.409 e. The quantitative estimate of drug-likeness (QED) is 0.315. The fraction of sp³-hybridized carbons (Fsp3) is 0.111. The number of oxime groups is 1. The topological polar surface area (TPSA) is 76.4 Å². The Morgan fingerprint density at radius 2 is 2.33 bits per heavy atom. The van der Waals surface area contributed by atoms with Gasteiger partial charge in [-0.05, 0) is 12.1 Å². The fourth-order valence-corrected chi connectivity index (χ4v) is 1.45. The largest absolute Gasteiger partial charge is 0.409 e. The predicted molar refractivity (Wildman–Crippen MR) is 53.2 cm³/mol. The van der Waals surface area contributed by atoms with Gasteiger partial charge in [-0.3, -0.25) is 0 Å². The molecule has 0 bridgehead atoms. The third-order valence-electron chi connectivity index (χ3n) is 2.18. The summed E-state index contributed by atoms with van der Waals surface area (Å²) in [5, 5.41) is 11.4. The van der Waals surface area contributed by atoms with Gasteiger partial charge in [-0.2, -0.15) is 0 Å². The Kier molecular flexibility index (Phi) is 2.03. The minimum absolute atomic E-state index is 0.103. The van der Waals surface area contributed by atoms with Crippen molar-refractivity contribution in [1.29, 1.82) is 0 Å². The zero-order chi connectivity index (χ0) is 11.0. The molecule has 0 aliphatic rings. The number of nitrogens with two attached hydrogens (primary N) is 1. The Morgan fingerprint density at radius 1 is 1.60 bits per heavy atom. The van der Waals surface area contributed by atoms with Crippen LogP contribution in [0.1, 0.15) is 5.82 Å². The monoisotopic (exact) mass is 208 g/mol. The van der Waals surface area contributed by atoms with Crippen molar-refractivity contribution in [3.63, 3.8) is 0 Å². The van der Waals surface area contributed by atoms with E-state index in [4.69, 9.17) is 10.9 Å². The third kappa shape index (κ3) is 1.39. The minimum atomic E-state index is -0.369. The molecule has 0 spiro atoms. The second-order valence-corrected chi connectivity index (χ2v) is 3.11. The predicted octanol–water partition coefficient (Wildman–Crippen LogP) is 0.807. The molecule has 5 nitrogen and oxygen atoms in total. The van der Waals surface area contributed by atoms with Crippen molar-refractivity contribution in [3.05, 3.63) is 29.8 Å². The highest BCUT2D eigenvalue weighted by molar-refractivity contribution is 5.97. The van der Waals surface area contributed by atoms with Gasteiger partial charge in [0.1, 0.15) is 5.82 Å². The molecule has 0 amide bonds. The van der Waals surface area contributed by atoms with Crippen LogP contribution in [-0.2, 0) is 7.05 Å². The second kappa shape index (κ2) is 3.23. The Hall–Kier alpha value is -2.11. The van der Waals surface area contributed by atoms with E-state index < -0.39 is 0 Å². The fourth-order valence-electron chi connectivity index (χ4n) is 1.45. The summed E-state index contributed by atoms with van der Waals surface area (Å²) < 4.78 is 14.5. The first-order chi connectivity index (χ1) is 7.13. The number of benzene rings is 1. The summed E-state index contributed by atoms with van der Waals surface area (Å²) in [6.45, 7) is 0. The molecule has 0 saturated carbocycles. The van der Waals surface area contributed by atoms with Gasteiger partial charge in [0.2, 0.25) is 5.84 Å². The van der Waals surface area contributed by atoms with Crippen LogP contribution in [0, 0.1) is 5.82 Å². The van der Waals surface area contributed by atoms with Gasteiger partial charge < -0.3 is 15.5 Å². The molecule has 0 aliphatic heterocycles. The Bertz CT molecular complexity index is 546. The number of amidine groups is 1. The van der Waals surface area contributed by atoms with Crippen molar-refractivity contribution in [2.75, 3.05) is 0 Å². The number of hydrogen-bond donors (Lipinski definition) is 2. The van der Waals surface area contributed by atoms with E-state index in [-0.39, 0.29) is 11.7 Å². The molecule has 2 rings (SSSR count). The van der Waals surface area contributed by atoms with Crippen LogP contribution >= 0.6 is 0 Å². The third-order valence-corrected chi connectivity index (χ3v) is 2.18. The maximum Gasteiger partial charge on any atom is 0.206 e. The van der Waals surface area contributed by atoms with E-state index >= 15 is 0 Å². The van der Waals surface area contributed by atoms with Gasteiger partial charge in [0.05, 0.1) is 11.0 Å². The average molecular weight is 208 g/mol. The molecule has 0 saturated heterocycles. The number of rotatable bonds is 1. The Labute approximate surface area is 84.6 Å². The van der Waals surface area contributed by atoms with Gasteiger partial charge in [-0.15, -0.1) is 0 Å². The molecule has 3 N–H and O–H groups in total. The summed E-state index contributed by atoms with van der Waals surface area (Å²) >= 11 is 0. The molecule has 0 radical (unpaired) electrons. The first-order valence-electron chi connectivity index (χ1n) is 4.23. The van der Waals surface area contributed by atoms with Crippen molar-refractivity contribution < 1.29 is 9.60 Å². The van der Waals surface area contributed by atoms with E-state index in [1.54, 1.807) is 17.7 Å². The maximum atomic E-state index is 12.9. The number of nitrogens with zero attached hydrogens (tertiary/aromatic N) is 3. The smallest absolute Gasteiger partial charge is 0.206 e. The van der Waals surface area contributed by atoms with E-state index in [1.807, 2.05) is 0 Å². The molecule has 1 aromatic carbocycles. The first kappa shape index (κ1) is 9.45. The lowest BCUT2D eigenvalue weighted by molar-refractivity contribution is 0.318. The van der Waals surface area contributed by atoms with Crippen LogP contribution in [0.25, 0.3) is 11.0 Å². The molecule has 0 fully saturated rings. The first-order valence-corrected chi connectivity index (χ1v) is 4.23. The van der Waals surface area contributed by atoms with E-state index in [0.717, 1.165) is 5.52 Å². The summed E-state index contributed by atoms with van der Waals surface area (Å²) in [5.74, 6) is -0.168. The summed E-state index contributed by atoms with van der Waals surface area (Å²) in [5.41, 5.74) is 6.61. The number of halogens is 1. The van der Waals surface area contributed by atoms with Crippen LogP contribution < -0.4 is 5.73 Å². The van der Waals surface area contributed by atoms with Crippen LogP contribution in [0.5, 0.6) is 0 Å². The normalized spacial score (nSPS) is 12.3. The second-order valence-electron chi connectivity index (χ2n) is 3.11. The molecule has 15 heavy (non-hydrogen) atoms. The number of imidazole rings is 1. The number of hydrogen-bond acceptors (Lipinski definition) is 3. The van der Waals surface area contributed by atoms with Crippen LogP contribution in [-0.4, -0.2) is 20.6 Å². The number of fused-ring (bicyclic) bond motifs is 1. The van der Waals surface area contributed by atoms with Crippen molar-refractivity contribution in [3.8, 4) is 0 Å². The molecule has 1 aromatic heterocycles. The van der Waals surface area contributed by atoms with Crippen molar-refractivity contribution >= 4 is 16.9 Å². The van der Waals surface area contributed by atoms with E-state index in [2.05, 4.69) is 10.1 Å². The lowest BCUT2D eigenvalue weighted by Crippen LogP contribution is -2.18. The molecule has 0 unspecified atom stereocenters. The molecule has 6 heteroatoms. The van der Waals surface area contributed by atoms with Crippen LogP contribution in [0.3, 0.4) is 0 Å². The van der Waals surface area contributed by atoms with Crippen LogP contribution in [0.4, 0.5) is 4.39 Å². The van der Waals surface area contributed by atoms with E-state index in [1.165, 1.54) is 12.1 Å². The van der Waals surface area contributed by atoms with Crippen LogP contribution in [0.15, 0.2) is 23.4 Å². The summed E-state index contributed by atoms with van der Waals surface area (Å²) in [4.78, 5) is 4.05. The molecular formula is C9H9FN4O. The average Bonchev–Trinajstić information content (AvgIpc) is 2.54. The standard InChI is InChI=1S/C9H9FN4O/c1-14-7-3-2-5(10)4-6(7)12-9(14)8(11)13-15/h2-4,15H,1H3,(H2,11,13). The summed E-state index contributed by atoms with van der Waals surface area (Å²) in [6, 6.07) is 4.22. The highest BCUT2D eigenvalue weighted by atomic mass is 19.1. The van der Waals surface area contributed by atoms with Gasteiger partial charge in [-0.1, -0.05) is 5.16 Å². The molecule has 1 heterocycles. The van der Waals surface area contributed by atoms with Crippen LogP contribution in [0.2, 0.25) is 0 Å². The highest BCUT2D eigenvalue weighted by Gasteiger charge is 2.11. The van der Waals surface area contributed by atoms with E-state index in [0.29, 0.717) is 11.3 Å². The van der Waals surface area contributed by atoms with E-state index in [9.17, 15) is 4.39 Å². The maximum absolute atomic E-state index is 12.9. The van der Waals surface area contributed by atoms with Crippen molar-refractivity contribution in [1.82, 2.24) is 9.55 Å². The Morgan fingerprint density at radius 3 is 3.00 bits per heavy atom. The molecular weight excluding hydrogens is 199 g/mol. The van der Waals surface area contributed by atoms with Gasteiger partial charge in [0.15, 0.2) is 5.82 Å². The molecule has 2 aromatic rings. The van der Waals surface area contributed by atoms with Gasteiger partial charge in [-0.25, -0.2) is 9.37 Å². The number of aryl methyl sites for hydroxylation is 1. The molecule has 78 valence electrons. The van der Waals surface area contributed by atoms with Crippen molar-refractivity contribution in [2.45, 2.75) is 0 Å². The lowest BCUT2D eigenvalue weighted by Gasteiger charge is -1.98.